The summed E-state index contributed by atoms with van der Waals surface area (Å²) in [6.45, 7) is 0. The molecule has 0 saturated carbocycles. The van der Waals surface area contributed by atoms with Gasteiger partial charge in [-0.2, -0.15) is 0 Å². The Morgan fingerprint density at radius 1 is 0.714 bits per heavy atom. The fraction of sp³-hybridized carbons (Fsp3) is 0. The van der Waals surface area contributed by atoms with Crippen LogP contribution in [0.2, 0.25) is 15.1 Å². The molecule has 0 aromatic heterocycles. The Kier molecular flexibility index (Phi) is 4.21. The normalized spacial score (nSPS) is 10.6. The smallest absolute Gasteiger partial charge is 0.0490 e. The number of hydrogen-bond acceptors (Lipinski definition) is 0. The highest BCUT2D eigenvalue weighted by Crippen LogP contribution is 2.35. The number of benzene rings is 3. The van der Waals surface area contributed by atoms with Crippen LogP contribution >= 0.6 is 34.8 Å². The van der Waals surface area contributed by atoms with Gasteiger partial charge in [0.2, 0.25) is 0 Å². The zero-order chi connectivity index (χ0) is 14.8. The molecule has 0 unspecified atom stereocenters. The second-order valence-electron chi connectivity index (χ2n) is 4.61. The molecule has 0 saturated heterocycles. The molecule has 0 aliphatic carbocycles. The van der Waals surface area contributed by atoms with Crippen LogP contribution in [-0.4, -0.2) is 0 Å². The second kappa shape index (κ2) is 6.11. The highest BCUT2D eigenvalue weighted by molar-refractivity contribution is 6.35. The molecule has 3 rings (SSSR count). The van der Waals surface area contributed by atoms with Crippen LogP contribution in [-0.2, 0) is 0 Å². The molecule has 3 aromatic rings. The van der Waals surface area contributed by atoms with Crippen molar-refractivity contribution < 1.29 is 0 Å². The van der Waals surface area contributed by atoms with Gasteiger partial charge in [-0.25, -0.2) is 0 Å². The van der Waals surface area contributed by atoms with E-state index in [1.54, 1.807) is 6.07 Å². The van der Waals surface area contributed by atoms with Gasteiger partial charge in [-0.3, -0.25) is 0 Å². The van der Waals surface area contributed by atoms with E-state index >= 15 is 0 Å². The van der Waals surface area contributed by atoms with Crippen molar-refractivity contribution in [3.8, 4) is 22.3 Å². The summed E-state index contributed by atoms with van der Waals surface area (Å²) < 4.78 is 0. The van der Waals surface area contributed by atoms with Gasteiger partial charge in [-0.1, -0.05) is 71.2 Å². The van der Waals surface area contributed by atoms with E-state index in [-0.39, 0.29) is 0 Å². The molecule has 0 N–H and O–H groups in total. The SMILES string of the molecule is Clc1cccc(-c2ccc(-c3cc[c]cc3Cl)cc2Cl)c1. The summed E-state index contributed by atoms with van der Waals surface area (Å²) in [6, 6.07) is 22.0. The Labute approximate surface area is 138 Å². The Morgan fingerprint density at radius 2 is 1.48 bits per heavy atom. The third-order valence-corrected chi connectivity index (χ3v) is 4.09. The van der Waals surface area contributed by atoms with Gasteiger partial charge in [-0.15, -0.1) is 0 Å². The van der Waals surface area contributed by atoms with Crippen molar-refractivity contribution in [3.63, 3.8) is 0 Å². The zero-order valence-corrected chi connectivity index (χ0v) is 13.2. The molecule has 0 heterocycles. The predicted octanol–water partition coefficient (Wildman–Crippen LogP) is 6.78. The van der Waals surface area contributed by atoms with Gasteiger partial charge < -0.3 is 0 Å². The molecule has 0 fully saturated rings. The lowest BCUT2D eigenvalue weighted by Gasteiger charge is -2.09. The highest BCUT2D eigenvalue weighted by Gasteiger charge is 2.08. The van der Waals surface area contributed by atoms with E-state index in [2.05, 4.69) is 6.07 Å². The van der Waals surface area contributed by atoms with Gasteiger partial charge in [0.1, 0.15) is 0 Å². The molecule has 0 bridgehead atoms. The van der Waals surface area contributed by atoms with Gasteiger partial charge in [-0.05, 0) is 41.5 Å². The number of halogens is 3. The van der Waals surface area contributed by atoms with Crippen LogP contribution in [0.25, 0.3) is 22.3 Å². The molecule has 0 aliphatic heterocycles. The summed E-state index contributed by atoms with van der Waals surface area (Å²) in [7, 11) is 0. The standard InChI is InChI=1S/C18H10Cl3/c19-14-5-3-4-12(10-14)16-9-8-13(11-18(16)21)15-6-1-2-7-17(15)20/h1,3-11H. The first kappa shape index (κ1) is 14.5. The third-order valence-electron chi connectivity index (χ3n) is 3.23. The highest BCUT2D eigenvalue weighted by atomic mass is 35.5. The fourth-order valence-corrected chi connectivity index (χ4v) is 2.93. The van der Waals surface area contributed by atoms with Gasteiger partial charge in [0.25, 0.3) is 0 Å². The third kappa shape index (κ3) is 3.08. The van der Waals surface area contributed by atoms with E-state index in [9.17, 15) is 0 Å². The van der Waals surface area contributed by atoms with E-state index in [0.29, 0.717) is 15.1 Å². The van der Waals surface area contributed by atoms with Crippen molar-refractivity contribution in [2.75, 3.05) is 0 Å². The molecule has 0 amide bonds. The molecule has 3 aromatic carbocycles. The van der Waals surface area contributed by atoms with Crippen LogP contribution in [0, 0.1) is 6.07 Å². The summed E-state index contributed by atoms with van der Waals surface area (Å²) in [5.41, 5.74) is 3.85. The molecular weight excluding hydrogens is 323 g/mol. The van der Waals surface area contributed by atoms with Crippen molar-refractivity contribution in [2.45, 2.75) is 0 Å². The first-order valence-electron chi connectivity index (χ1n) is 6.36. The average molecular weight is 333 g/mol. The lowest BCUT2D eigenvalue weighted by molar-refractivity contribution is 1.58. The fourth-order valence-electron chi connectivity index (χ4n) is 2.22. The molecule has 21 heavy (non-hydrogen) atoms. The molecule has 3 heteroatoms. The maximum absolute atomic E-state index is 6.42. The van der Waals surface area contributed by atoms with Gasteiger partial charge in [0.15, 0.2) is 0 Å². The summed E-state index contributed by atoms with van der Waals surface area (Å²) in [5.74, 6) is 0. The number of hydrogen-bond donors (Lipinski definition) is 0. The van der Waals surface area contributed by atoms with Crippen LogP contribution in [0.1, 0.15) is 0 Å². The first-order chi connectivity index (χ1) is 10.1. The quantitative estimate of drug-likeness (QED) is 0.485. The maximum atomic E-state index is 6.42. The van der Waals surface area contributed by atoms with E-state index < -0.39 is 0 Å². The Morgan fingerprint density at radius 3 is 2.19 bits per heavy atom. The monoisotopic (exact) mass is 331 g/mol. The predicted molar refractivity (Wildman–Crippen MR) is 91.2 cm³/mol. The maximum Gasteiger partial charge on any atom is 0.0490 e. The summed E-state index contributed by atoms with van der Waals surface area (Å²) in [5, 5.41) is 2.01. The summed E-state index contributed by atoms with van der Waals surface area (Å²) in [6.07, 6.45) is 0. The van der Waals surface area contributed by atoms with Crippen molar-refractivity contribution in [3.05, 3.63) is 81.8 Å². The second-order valence-corrected chi connectivity index (χ2v) is 5.86. The van der Waals surface area contributed by atoms with E-state index in [0.717, 1.165) is 22.3 Å². The van der Waals surface area contributed by atoms with E-state index in [1.165, 1.54) is 0 Å². The first-order valence-corrected chi connectivity index (χ1v) is 7.50. The minimum Gasteiger partial charge on any atom is -0.0843 e. The van der Waals surface area contributed by atoms with Crippen molar-refractivity contribution in [1.29, 1.82) is 0 Å². The number of rotatable bonds is 2. The van der Waals surface area contributed by atoms with Crippen LogP contribution in [0.15, 0.2) is 60.7 Å². The average Bonchev–Trinajstić information content (AvgIpc) is 2.47. The van der Waals surface area contributed by atoms with Crippen molar-refractivity contribution in [2.24, 2.45) is 0 Å². The van der Waals surface area contributed by atoms with Crippen molar-refractivity contribution in [1.82, 2.24) is 0 Å². The van der Waals surface area contributed by atoms with Crippen LogP contribution in [0.5, 0.6) is 0 Å². The lowest BCUT2D eigenvalue weighted by Crippen LogP contribution is -1.84. The molecule has 103 valence electrons. The van der Waals surface area contributed by atoms with E-state index in [4.69, 9.17) is 34.8 Å². The minimum atomic E-state index is 0.657. The van der Waals surface area contributed by atoms with E-state index in [1.807, 2.05) is 54.6 Å². The largest absolute Gasteiger partial charge is 0.0843 e. The van der Waals surface area contributed by atoms with Crippen LogP contribution < -0.4 is 0 Å². The minimum absolute atomic E-state index is 0.657. The lowest BCUT2D eigenvalue weighted by atomic mass is 10.0. The van der Waals surface area contributed by atoms with Gasteiger partial charge in [0, 0.05) is 26.2 Å². The van der Waals surface area contributed by atoms with Gasteiger partial charge >= 0.3 is 0 Å². The Hall–Kier alpha value is -1.47. The molecule has 1 radical (unpaired) electrons. The van der Waals surface area contributed by atoms with Gasteiger partial charge in [0.05, 0.1) is 0 Å². The summed E-state index contributed by atoms with van der Waals surface area (Å²) in [4.78, 5) is 0. The van der Waals surface area contributed by atoms with Crippen molar-refractivity contribution >= 4 is 34.8 Å². The molecule has 0 atom stereocenters. The van der Waals surface area contributed by atoms with Crippen LogP contribution in [0.4, 0.5) is 0 Å². The zero-order valence-electron chi connectivity index (χ0n) is 10.9. The summed E-state index contributed by atoms with van der Waals surface area (Å²) >= 11 is 18.7. The molecule has 0 spiro atoms. The molecule has 0 aliphatic rings. The molecule has 0 nitrogen and oxygen atoms in total. The topological polar surface area (TPSA) is 0 Å². The Bertz CT molecular complexity index is 794. The molecular formula is C18H10Cl3. The Balaban J connectivity index is 2.07. The van der Waals surface area contributed by atoms with Crippen LogP contribution in [0.3, 0.4) is 0 Å².